The summed E-state index contributed by atoms with van der Waals surface area (Å²) in [6.45, 7) is 5.01. The molecule has 0 saturated heterocycles. The number of anilines is 1. The minimum atomic E-state index is 0.702. The normalized spacial score (nSPS) is 11.2. The van der Waals surface area contributed by atoms with Gasteiger partial charge in [-0.2, -0.15) is 5.10 Å². The SMILES string of the molecule is CCCNc1nc(Sc2cc(C)nn2C)c2ccsc2n1. The van der Waals surface area contributed by atoms with E-state index in [2.05, 4.69) is 44.8 Å². The Balaban J connectivity index is 1.99. The molecule has 0 amide bonds. The van der Waals surface area contributed by atoms with Crippen LogP contribution in [-0.4, -0.2) is 26.3 Å². The smallest absolute Gasteiger partial charge is 0.225 e. The lowest BCUT2D eigenvalue weighted by molar-refractivity contribution is 0.692. The second kappa shape index (κ2) is 6.03. The van der Waals surface area contributed by atoms with Gasteiger partial charge in [-0.25, -0.2) is 9.97 Å². The van der Waals surface area contributed by atoms with E-state index in [0.717, 1.165) is 38.9 Å². The fourth-order valence-electron chi connectivity index (χ4n) is 2.00. The van der Waals surface area contributed by atoms with E-state index in [1.54, 1.807) is 23.1 Å². The van der Waals surface area contributed by atoms with Crippen LogP contribution in [0.3, 0.4) is 0 Å². The summed E-state index contributed by atoms with van der Waals surface area (Å²) in [6.07, 6.45) is 1.05. The Labute approximate surface area is 131 Å². The third kappa shape index (κ3) is 3.03. The molecule has 5 nitrogen and oxygen atoms in total. The van der Waals surface area contributed by atoms with Gasteiger partial charge in [0.05, 0.1) is 5.69 Å². The maximum absolute atomic E-state index is 4.66. The van der Waals surface area contributed by atoms with Crippen LogP contribution in [0, 0.1) is 6.92 Å². The second-order valence-electron chi connectivity index (χ2n) is 4.77. The van der Waals surface area contributed by atoms with Gasteiger partial charge >= 0.3 is 0 Å². The predicted molar refractivity (Wildman–Crippen MR) is 88.3 cm³/mol. The van der Waals surface area contributed by atoms with Crippen LogP contribution in [0.2, 0.25) is 0 Å². The highest BCUT2D eigenvalue weighted by Crippen LogP contribution is 2.34. The first-order valence-corrected chi connectivity index (χ1v) is 8.54. The lowest BCUT2D eigenvalue weighted by atomic mass is 10.4. The highest BCUT2D eigenvalue weighted by atomic mass is 32.2. The summed E-state index contributed by atoms with van der Waals surface area (Å²) >= 11 is 3.28. The van der Waals surface area contributed by atoms with Gasteiger partial charge in [0.25, 0.3) is 0 Å². The molecule has 0 atom stereocenters. The molecule has 0 bridgehead atoms. The van der Waals surface area contributed by atoms with Crippen molar-refractivity contribution in [3.63, 3.8) is 0 Å². The molecule has 0 spiro atoms. The fraction of sp³-hybridized carbons (Fsp3) is 0.357. The summed E-state index contributed by atoms with van der Waals surface area (Å²) < 4.78 is 1.89. The molecule has 0 aliphatic carbocycles. The minimum Gasteiger partial charge on any atom is -0.354 e. The standard InChI is InChI=1S/C14H17N5S2/c1-4-6-15-14-16-12-10(5-7-20-12)13(17-14)21-11-8-9(2)18-19(11)3/h5,7-8H,4,6H2,1-3H3,(H,15,16,17). The van der Waals surface area contributed by atoms with Crippen molar-refractivity contribution in [2.45, 2.75) is 30.3 Å². The van der Waals surface area contributed by atoms with E-state index in [1.165, 1.54) is 0 Å². The van der Waals surface area contributed by atoms with Crippen molar-refractivity contribution in [2.75, 3.05) is 11.9 Å². The third-order valence-electron chi connectivity index (χ3n) is 2.98. The van der Waals surface area contributed by atoms with E-state index >= 15 is 0 Å². The van der Waals surface area contributed by atoms with E-state index in [-0.39, 0.29) is 0 Å². The van der Waals surface area contributed by atoms with E-state index in [4.69, 9.17) is 0 Å². The lowest BCUT2D eigenvalue weighted by Gasteiger charge is -2.07. The van der Waals surface area contributed by atoms with Gasteiger partial charge in [-0.3, -0.25) is 4.68 Å². The van der Waals surface area contributed by atoms with Crippen molar-refractivity contribution >= 4 is 39.3 Å². The van der Waals surface area contributed by atoms with Crippen LogP contribution < -0.4 is 5.32 Å². The molecule has 3 aromatic heterocycles. The molecular weight excluding hydrogens is 302 g/mol. The molecule has 3 heterocycles. The van der Waals surface area contributed by atoms with Crippen LogP contribution in [0.5, 0.6) is 0 Å². The molecule has 7 heteroatoms. The van der Waals surface area contributed by atoms with Crippen LogP contribution in [-0.2, 0) is 7.05 Å². The van der Waals surface area contributed by atoms with Crippen LogP contribution >= 0.6 is 23.1 Å². The van der Waals surface area contributed by atoms with Crippen molar-refractivity contribution in [3.05, 3.63) is 23.2 Å². The molecule has 0 aromatic carbocycles. The number of fused-ring (bicyclic) bond motifs is 1. The molecule has 0 radical (unpaired) electrons. The Morgan fingerprint density at radius 2 is 2.24 bits per heavy atom. The Hall–Kier alpha value is -1.60. The van der Waals surface area contributed by atoms with Crippen LogP contribution in [0.15, 0.2) is 27.6 Å². The van der Waals surface area contributed by atoms with Gasteiger partial charge in [-0.1, -0.05) is 6.92 Å². The number of aromatic nitrogens is 4. The maximum atomic E-state index is 4.66. The van der Waals surface area contributed by atoms with Crippen molar-refractivity contribution in [1.29, 1.82) is 0 Å². The molecule has 0 aliphatic heterocycles. The number of thiophene rings is 1. The Bertz CT molecular complexity index is 762. The maximum Gasteiger partial charge on any atom is 0.225 e. The van der Waals surface area contributed by atoms with Gasteiger partial charge in [0.2, 0.25) is 5.95 Å². The van der Waals surface area contributed by atoms with E-state index in [1.807, 2.05) is 18.7 Å². The van der Waals surface area contributed by atoms with Gasteiger partial charge in [0.1, 0.15) is 14.9 Å². The van der Waals surface area contributed by atoms with Gasteiger partial charge in [-0.15, -0.1) is 11.3 Å². The third-order valence-corrected chi connectivity index (χ3v) is 4.89. The Kier molecular flexibility index (Phi) is 4.12. The minimum absolute atomic E-state index is 0.702. The van der Waals surface area contributed by atoms with Gasteiger partial charge < -0.3 is 5.32 Å². The predicted octanol–water partition coefficient (Wildman–Crippen LogP) is 3.71. The number of aryl methyl sites for hydroxylation is 2. The summed E-state index contributed by atoms with van der Waals surface area (Å²) in [5.41, 5.74) is 1.01. The zero-order valence-corrected chi connectivity index (χ0v) is 13.9. The highest BCUT2D eigenvalue weighted by molar-refractivity contribution is 7.99. The molecule has 3 rings (SSSR count). The first-order valence-electron chi connectivity index (χ1n) is 6.85. The molecule has 110 valence electrons. The zero-order valence-electron chi connectivity index (χ0n) is 12.3. The van der Waals surface area contributed by atoms with Crippen molar-refractivity contribution < 1.29 is 0 Å². The summed E-state index contributed by atoms with van der Waals surface area (Å²) in [6, 6.07) is 4.15. The highest BCUT2D eigenvalue weighted by Gasteiger charge is 2.12. The largest absolute Gasteiger partial charge is 0.354 e. The fourth-order valence-corrected chi connectivity index (χ4v) is 3.84. The van der Waals surface area contributed by atoms with E-state index in [0.29, 0.717) is 5.95 Å². The van der Waals surface area contributed by atoms with Gasteiger partial charge in [0, 0.05) is 19.0 Å². The van der Waals surface area contributed by atoms with Crippen LogP contribution in [0.4, 0.5) is 5.95 Å². The molecule has 1 N–H and O–H groups in total. The van der Waals surface area contributed by atoms with Gasteiger partial charge in [-0.05, 0) is 42.6 Å². The lowest BCUT2D eigenvalue weighted by Crippen LogP contribution is -2.04. The van der Waals surface area contributed by atoms with Crippen LogP contribution in [0.25, 0.3) is 10.2 Å². The molecule has 0 fully saturated rings. The monoisotopic (exact) mass is 319 g/mol. The number of hydrogen-bond acceptors (Lipinski definition) is 6. The van der Waals surface area contributed by atoms with Crippen LogP contribution in [0.1, 0.15) is 19.0 Å². The molecule has 0 unspecified atom stereocenters. The molecule has 21 heavy (non-hydrogen) atoms. The van der Waals surface area contributed by atoms with Crippen molar-refractivity contribution in [1.82, 2.24) is 19.7 Å². The number of nitrogens with zero attached hydrogens (tertiary/aromatic N) is 4. The topological polar surface area (TPSA) is 55.6 Å². The zero-order chi connectivity index (χ0) is 14.8. The number of nitrogens with one attached hydrogen (secondary N) is 1. The summed E-state index contributed by atoms with van der Waals surface area (Å²) in [7, 11) is 1.96. The summed E-state index contributed by atoms with van der Waals surface area (Å²) in [5, 5.41) is 12.9. The molecular formula is C14H17N5S2. The first-order chi connectivity index (χ1) is 10.2. The molecule has 0 saturated carbocycles. The van der Waals surface area contributed by atoms with Crippen molar-refractivity contribution in [3.8, 4) is 0 Å². The Morgan fingerprint density at radius 3 is 2.95 bits per heavy atom. The van der Waals surface area contributed by atoms with Crippen molar-refractivity contribution in [2.24, 2.45) is 7.05 Å². The van der Waals surface area contributed by atoms with E-state index in [9.17, 15) is 0 Å². The molecule has 0 aliphatic rings. The average molecular weight is 319 g/mol. The number of rotatable bonds is 5. The number of hydrogen-bond donors (Lipinski definition) is 1. The summed E-state index contributed by atoms with van der Waals surface area (Å²) in [4.78, 5) is 10.2. The second-order valence-corrected chi connectivity index (χ2v) is 6.67. The first kappa shape index (κ1) is 14.3. The Morgan fingerprint density at radius 1 is 1.38 bits per heavy atom. The van der Waals surface area contributed by atoms with Gasteiger partial charge in [0.15, 0.2) is 0 Å². The summed E-state index contributed by atoms with van der Waals surface area (Å²) in [5.74, 6) is 0.702. The average Bonchev–Trinajstić information content (AvgIpc) is 3.03. The van der Waals surface area contributed by atoms with E-state index < -0.39 is 0 Å². The molecule has 3 aromatic rings. The quantitative estimate of drug-likeness (QED) is 0.727.